The second-order valence-corrected chi connectivity index (χ2v) is 5.83. The van der Waals surface area contributed by atoms with Gasteiger partial charge in [-0.15, -0.1) is 0 Å². The summed E-state index contributed by atoms with van der Waals surface area (Å²) in [5.74, 6) is -0.0779. The molecule has 0 atom stereocenters. The van der Waals surface area contributed by atoms with E-state index in [-0.39, 0.29) is 18.3 Å². The quantitative estimate of drug-likeness (QED) is 0.860. The van der Waals surface area contributed by atoms with Gasteiger partial charge in [0.15, 0.2) is 11.5 Å². The van der Waals surface area contributed by atoms with Crippen LogP contribution in [0.4, 0.5) is 5.69 Å². The summed E-state index contributed by atoms with van der Waals surface area (Å²) in [4.78, 5) is 23.9. The van der Waals surface area contributed by atoms with Gasteiger partial charge >= 0.3 is 5.97 Å². The van der Waals surface area contributed by atoms with Crippen LogP contribution in [0.3, 0.4) is 0 Å². The highest BCUT2D eigenvalue weighted by Gasteiger charge is 2.29. The van der Waals surface area contributed by atoms with E-state index in [2.05, 4.69) is 5.10 Å². The van der Waals surface area contributed by atoms with Crippen LogP contribution in [0.15, 0.2) is 53.1 Å². The van der Waals surface area contributed by atoms with Crippen molar-refractivity contribution in [1.29, 1.82) is 0 Å². The molecule has 2 aromatic rings. The molecule has 26 heavy (non-hydrogen) atoms. The average Bonchev–Trinajstić information content (AvgIpc) is 3.21. The Bertz CT molecular complexity index is 993. The van der Waals surface area contributed by atoms with E-state index in [0.29, 0.717) is 28.5 Å². The number of ether oxygens (including phenoxy) is 2. The summed E-state index contributed by atoms with van der Waals surface area (Å²) in [7, 11) is 0. The maximum Gasteiger partial charge on any atom is 0.335 e. The molecular formula is C19H14N2O5. The molecule has 0 spiro atoms. The average molecular weight is 350 g/mol. The standard InChI is InChI=1S/C19H14N2O5/c1-11-15(7-12-5-6-16-17(8-12)26-10-25-16)18(22)21(20-11)14-4-2-3-13(9-14)19(23)24/h2-9H,10H2,1H3,(H,23,24). The Hall–Kier alpha value is -3.61. The molecule has 0 aliphatic carbocycles. The summed E-state index contributed by atoms with van der Waals surface area (Å²) < 4.78 is 10.6. The van der Waals surface area contributed by atoms with Crippen LogP contribution in [-0.4, -0.2) is 29.5 Å². The molecule has 1 N–H and O–H groups in total. The van der Waals surface area contributed by atoms with Crippen molar-refractivity contribution in [3.05, 3.63) is 59.2 Å². The number of hydrogen-bond donors (Lipinski definition) is 1. The van der Waals surface area contributed by atoms with E-state index in [9.17, 15) is 9.59 Å². The van der Waals surface area contributed by atoms with Gasteiger partial charge in [-0.3, -0.25) is 4.79 Å². The van der Waals surface area contributed by atoms with Gasteiger partial charge in [-0.1, -0.05) is 12.1 Å². The van der Waals surface area contributed by atoms with Crippen molar-refractivity contribution in [3.8, 4) is 11.5 Å². The van der Waals surface area contributed by atoms with Gasteiger partial charge in [0, 0.05) is 0 Å². The van der Waals surface area contributed by atoms with Crippen molar-refractivity contribution < 1.29 is 24.2 Å². The molecule has 0 aromatic heterocycles. The fourth-order valence-corrected chi connectivity index (χ4v) is 2.80. The number of anilines is 1. The Morgan fingerprint density at radius 3 is 2.81 bits per heavy atom. The van der Waals surface area contributed by atoms with Crippen molar-refractivity contribution in [2.45, 2.75) is 6.92 Å². The van der Waals surface area contributed by atoms with Gasteiger partial charge in [-0.25, -0.2) is 4.79 Å². The zero-order valence-corrected chi connectivity index (χ0v) is 13.8. The lowest BCUT2D eigenvalue weighted by Crippen LogP contribution is -2.21. The van der Waals surface area contributed by atoms with E-state index in [0.717, 1.165) is 5.56 Å². The molecule has 7 nitrogen and oxygen atoms in total. The molecule has 2 aromatic carbocycles. The first-order valence-corrected chi connectivity index (χ1v) is 7.88. The highest BCUT2D eigenvalue weighted by molar-refractivity contribution is 6.32. The lowest BCUT2D eigenvalue weighted by Gasteiger charge is -2.12. The Balaban J connectivity index is 1.66. The van der Waals surface area contributed by atoms with Gasteiger partial charge in [0.1, 0.15) is 0 Å². The Morgan fingerprint density at radius 2 is 2.00 bits per heavy atom. The van der Waals surface area contributed by atoms with Gasteiger partial charge in [-0.2, -0.15) is 10.1 Å². The molecule has 0 unspecified atom stereocenters. The largest absolute Gasteiger partial charge is 0.478 e. The fraction of sp³-hybridized carbons (Fsp3) is 0.105. The smallest absolute Gasteiger partial charge is 0.335 e. The van der Waals surface area contributed by atoms with Gasteiger partial charge in [-0.05, 0) is 48.9 Å². The molecular weight excluding hydrogens is 336 g/mol. The topological polar surface area (TPSA) is 88.4 Å². The minimum absolute atomic E-state index is 0.0938. The fourth-order valence-electron chi connectivity index (χ4n) is 2.80. The van der Waals surface area contributed by atoms with Crippen molar-refractivity contribution in [3.63, 3.8) is 0 Å². The number of carbonyl (C=O) groups is 2. The van der Waals surface area contributed by atoms with Gasteiger partial charge in [0.25, 0.3) is 5.91 Å². The van der Waals surface area contributed by atoms with Crippen molar-refractivity contribution >= 4 is 29.4 Å². The second kappa shape index (κ2) is 6.03. The number of hydrogen-bond acceptors (Lipinski definition) is 5. The highest BCUT2D eigenvalue weighted by Crippen LogP contribution is 2.34. The predicted octanol–water partition coefficient (Wildman–Crippen LogP) is 2.92. The van der Waals surface area contributed by atoms with E-state index >= 15 is 0 Å². The molecule has 0 saturated carbocycles. The highest BCUT2D eigenvalue weighted by atomic mass is 16.7. The summed E-state index contributed by atoms with van der Waals surface area (Å²) in [5.41, 5.74) is 2.27. The van der Waals surface area contributed by atoms with E-state index in [4.69, 9.17) is 14.6 Å². The van der Waals surface area contributed by atoms with E-state index in [1.54, 1.807) is 37.3 Å². The number of nitrogens with zero attached hydrogens (tertiary/aromatic N) is 2. The molecule has 2 aliphatic rings. The van der Waals surface area contributed by atoms with E-state index in [1.165, 1.54) is 17.1 Å². The molecule has 0 saturated heterocycles. The SMILES string of the molecule is CC1=NN(c2cccc(C(=O)O)c2)C(=O)C1=Cc1ccc2c(c1)OCO2. The number of aromatic carboxylic acids is 1. The first-order valence-electron chi connectivity index (χ1n) is 7.88. The third-order valence-electron chi connectivity index (χ3n) is 4.11. The van der Waals surface area contributed by atoms with Gasteiger partial charge in [0.05, 0.1) is 22.5 Å². The molecule has 0 radical (unpaired) electrons. The number of hydrazone groups is 1. The number of fused-ring (bicyclic) bond motifs is 1. The van der Waals surface area contributed by atoms with E-state index < -0.39 is 5.97 Å². The monoisotopic (exact) mass is 350 g/mol. The number of carboxylic acids is 1. The molecule has 7 heteroatoms. The number of carboxylic acid groups (broad SMARTS) is 1. The minimum Gasteiger partial charge on any atom is -0.478 e. The molecule has 0 fully saturated rings. The van der Waals surface area contributed by atoms with Crippen LogP contribution in [-0.2, 0) is 4.79 Å². The summed E-state index contributed by atoms with van der Waals surface area (Å²) in [6, 6.07) is 11.5. The Labute approximate surface area is 148 Å². The van der Waals surface area contributed by atoms with Crippen LogP contribution in [0.5, 0.6) is 11.5 Å². The lowest BCUT2D eigenvalue weighted by molar-refractivity contribution is -0.114. The summed E-state index contributed by atoms with van der Waals surface area (Å²) in [6.45, 7) is 1.92. The molecule has 2 aliphatic heterocycles. The molecule has 0 bridgehead atoms. The molecule has 1 amide bonds. The lowest BCUT2D eigenvalue weighted by atomic mass is 10.1. The maximum absolute atomic E-state index is 12.8. The maximum atomic E-state index is 12.8. The summed E-state index contributed by atoms with van der Waals surface area (Å²) in [5, 5.41) is 14.6. The van der Waals surface area contributed by atoms with Crippen molar-refractivity contribution in [1.82, 2.24) is 0 Å². The van der Waals surface area contributed by atoms with Crippen molar-refractivity contribution in [2.75, 3.05) is 11.8 Å². The van der Waals surface area contributed by atoms with Crippen LogP contribution in [0.1, 0.15) is 22.8 Å². The minimum atomic E-state index is -1.06. The number of benzene rings is 2. The van der Waals surface area contributed by atoms with Crippen molar-refractivity contribution in [2.24, 2.45) is 5.10 Å². The van der Waals surface area contributed by atoms with E-state index in [1.807, 2.05) is 6.07 Å². The van der Waals surface area contributed by atoms with Crippen LogP contribution in [0.2, 0.25) is 0 Å². The summed E-state index contributed by atoms with van der Waals surface area (Å²) >= 11 is 0. The molecule has 130 valence electrons. The number of carbonyl (C=O) groups excluding carboxylic acids is 1. The predicted molar refractivity (Wildman–Crippen MR) is 94.5 cm³/mol. The number of amides is 1. The van der Waals surface area contributed by atoms with Gasteiger partial charge < -0.3 is 14.6 Å². The van der Waals surface area contributed by atoms with Crippen LogP contribution < -0.4 is 14.5 Å². The third-order valence-corrected chi connectivity index (χ3v) is 4.11. The molecule has 4 rings (SSSR count). The van der Waals surface area contributed by atoms with Crippen LogP contribution in [0.25, 0.3) is 6.08 Å². The summed E-state index contributed by atoms with van der Waals surface area (Å²) in [6.07, 6.45) is 1.73. The Morgan fingerprint density at radius 1 is 1.19 bits per heavy atom. The molecule has 2 heterocycles. The Kier molecular flexibility index (Phi) is 3.69. The zero-order valence-electron chi connectivity index (χ0n) is 13.8. The number of rotatable bonds is 3. The van der Waals surface area contributed by atoms with Gasteiger partial charge in [0.2, 0.25) is 6.79 Å². The third kappa shape index (κ3) is 2.69. The second-order valence-electron chi connectivity index (χ2n) is 5.83. The van der Waals surface area contributed by atoms with Crippen LogP contribution >= 0.6 is 0 Å². The first-order chi connectivity index (χ1) is 12.5. The van der Waals surface area contributed by atoms with Crippen LogP contribution in [0, 0.1) is 0 Å². The zero-order chi connectivity index (χ0) is 18.3. The normalized spacial score (nSPS) is 17.0. The first kappa shape index (κ1) is 15.9.